The van der Waals surface area contributed by atoms with Gasteiger partial charge in [-0.05, 0) is 48.5 Å². The lowest BCUT2D eigenvalue weighted by Gasteiger charge is -2.21. The Balaban J connectivity index is 1.61. The maximum absolute atomic E-state index is 13.3. The minimum atomic E-state index is -0.389. The number of pyridine rings is 1. The molecule has 0 saturated heterocycles. The Hall–Kier alpha value is -4.03. The van der Waals surface area contributed by atoms with Gasteiger partial charge in [0, 0.05) is 35.9 Å². The van der Waals surface area contributed by atoms with Gasteiger partial charge in [-0.1, -0.05) is 30.0 Å². The summed E-state index contributed by atoms with van der Waals surface area (Å²) < 4.78 is 15.2. The van der Waals surface area contributed by atoms with Crippen molar-refractivity contribution in [1.29, 1.82) is 5.26 Å². The fraction of sp³-hybridized carbons (Fsp3) is 0.125. The van der Waals surface area contributed by atoms with Crippen LogP contribution in [0.25, 0.3) is 17.1 Å². The van der Waals surface area contributed by atoms with Gasteiger partial charge >= 0.3 is 0 Å². The van der Waals surface area contributed by atoms with Gasteiger partial charge in [0.25, 0.3) is 0 Å². The van der Waals surface area contributed by atoms with Crippen LogP contribution in [0.3, 0.4) is 0 Å². The minimum absolute atomic E-state index is 0.0735. The van der Waals surface area contributed by atoms with E-state index in [2.05, 4.69) is 21.3 Å². The molecule has 0 N–H and O–H groups in total. The van der Waals surface area contributed by atoms with Crippen molar-refractivity contribution in [3.8, 4) is 23.1 Å². The van der Waals surface area contributed by atoms with Gasteiger partial charge in [-0.25, -0.2) is 4.39 Å². The number of carbonyl (C=O) groups excluding carboxylic acids is 1. The van der Waals surface area contributed by atoms with Crippen molar-refractivity contribution in [3.63, 3.8) is 0 Å². The number of benzene rings is 2. The number of thioether (sulfide) groups is 1. The molecule has 7 nitrogen and oxygen atoms in total. The maximum Gasteiger partial charge on any atom is 0.237 e. The van der Waals surface area contributed by atoms with Crippen LogP contribution >= 0.6 is 11.8 Å². The van der Waals surface area contributed by atoms with Gasteiger partial charge in [0.1, 0.15) is 5.82 Å². The highest BCUT2D eigenvalue weighted by Gasteiger charge is 2.20. The van der Waals surface area contributed by atoms with Crippen LogP contribution in [-0.4, -0.2) is 38.0 Å². The Morgan fingerprint density at radius 3 is 2.45 bits per heavy atom. The Morgan fingerprint density at radius 2 is 1.76 bits per heavy atom. The number of rotatable bonds is 8. The maximum atomic E-state index is 13.3. The Labute approximate surface area is 194 Å². The number of para-hydroxylation sites is 1. The average Bonchev–Trinajstić information content (AvgIpc) is 3.29. The molecule has 4 rings (SSSR count). The third kappa shape index (κ3) is 5.25. The first-order valence-corrected chi connectivity index (χ1v) is 11.1. The number of amides is 1. The quantitative estimate of drug-likeness (QED) is 0.361. The lowest BCUT2D eigenvalue weighted by Crippen LogP contribution is -2.33. The van der Waals surface area contributed by atoms with Crippen LogP contribution in [0, 0.1) is 17.1 Å². The molecule has 2 heterocycles. The van der Waals surface area contributed by atoms with Crippen molar-refractivity contribution in [2.24, 2.45) is 0 Å². The van der Waals surface area contributed by atoms with Crippen molar-refractivity contribution in [2.45, 2.75) is 11.6 Å². The molecule has 0 aliphatic rings. The van der Waals surface area contributed by atoms with E-state index in [4.69, 9.17) is 5.26 Å². The van der Waals surface area contributed by atoms with E-state index in [1.54, 1.807) is 12.4 Å². The van der Waals surface area contributed by atoms with E-state index in [1.807, 2.05) is 47.0 Å². The number of carbonyl (C=O) groups is 1. The van der Waals surface area contributed by atoms with Crippen LogP contribution in [0.5, 0.6) is 0 Å². The van der Waals surface area contributed by atoms with E-state index in [1.165, 1.54) is 40.9 Å². The van der Waals surface area contributed by atoms with Crippen molar-refractivity contribution in [3.05, 3.63) is 84.9 Å². The molecule has 0 saturated carbocycles. The predicted molar refractivity (Wildman–Crippen MR) is 124 cm³/mol. The number of aromatic nitrogens is 4. The first-order chi connectivity index (χ1) is 16.2. The van der Waals surface area contributed by atoms with Gasteiger partial charge in [0.05, 0.1) is 18.2 Å². The summed E-state index contributed by atoms with van der Waals surface area (Å²) in [7, 11) is 0. The lowest BCUT2D eigenvalue weighted by molar-refractivity contribution is -0.116. The molecule has 9 heteroatoms. The third-order valence-electron chi connectivity index (χ3n) is 4.80. The van der Waals surface area contributed by atoms with Gasteiger partial charge in [0.15, 0.2) is 11.0 Å². The molecular weight excluding hydrogens is 439 g/mol. The summed E-state index contributed by atoms with van der Waals surface area (Å²) in [6.07, 6.45) is 3.54. The zero-order valence-electron chi connectivity index (χ0n) is 17.5. The van der Waals surface area contributed by atoms with Crippen molar-refractivity contribution in [1.82, 2.24) is 19.7 Å². The molecule has 0 fully saturated rings. The summed E-state index contributed by atoms with van der Waals surface area (Å²) in [4.78, 5) is 18.6. The fourth-order valence-electron chi connectivity index (χ4n) is 3.25. The predicted octanol–water partition coefficient (Wildman–Crippen LogP) is 4.51. The zero-order valence-corrected chi connectivity index (χ0v) is 18.3. The summed E-state index contributed by atoms with van der Waals surface area (Å²) in [5, 5.41) is 18.2. The van der Waals surface area contributed by atoms with Gasteiger partial charge in [-0.2, -0.15) is 5.26 Å². The topological polar surface area (TPSA) is 87.7 Å². The van der Waals surface area contributed by atoms with Crippen LogP contribution < -0.4 is 4.90 Å². The van der Waals surface area contributed by atoms with Crippen molar-refractivity contribution >= 4 is 23.4 Å². The fourth-order valence-corrected chi connectivity index (χ4v) is 4.07. The third-order valence-corrected chi connectivity index (χ3v) is 5.71. The number of nitrogens with zero attached hydrogens (tertiary/aromatic N) is 6. The van der Waals surface area contributed by atoms with Gasteiger partial charge in [-0.3, -0.25) is 14.3 Å². The lowest BCUT2D eigenvalue weighted by atomic mass is 10.2. The van der Waals surface area contributed by atoms with E-state index in [-0.39, 0.29) is 30.4 Å². The van der Waals surface area contributed by atoms with Crippen LogP contribution in [0.2, 0.25) is 0 Å². The number of hydrogen-bond acceptors (Lipinski definition) is 6. The molecular formula is C24H19FN6OS. The summed E-state index contributed by atoms with van der Waals surface area (Å²) in [6.45, 7) is 0.217. The van der Waals surface area contributed by atoms with Crippen LogP contribution in [0.15, 0.2) is 84.3 Å². The van der Waals surface area contributed by atoms with Gasteiger partial charge in [0.2, 0.25) is 5.91 Å². The van der Waals surface area contributed by atoms with E-state index in [0.717, 1.165) is 11.3 Å². The van der Waals surface area contributed by atoms with E-state index in [9.17, 15) is 9.18 Å². The molecule has 2 aromatic carbocycles. The van der Waals surface area contributed by atoms with Gasteiger partial charge in [-0.15, -0.1) is 10.2 Å². The van der Waals surface area contributed by atoms with E-state index >= 15 is 0 Å². The van der Waals surface area contributed by atoms with Crippen molar-refractivity contribution < 1.29 is 9.18 Å². The average molecular weight is 459 g/mol. The molecule has 164 valence electrons. The molecule has 0 aliphatic heterocycles. The molecule has 4 aromatic rings. The summed E-state index contributed by atoms with van der Waals surface area (Å²) in [5.41, 5.74) is 2.25. The molecule has 1 amide bonds. The van der Waals surface area contributed by atoms with Gasteiger partial charge < -0.3 is 4.90 Å². The van der Waals surface area contributed by atoms with E-state index in [0.29, 0.717) is 16.7 Å². The highest BCUT2D eigenvalue weighted by molar-refractivity contribution is 7.99. The Kier molecular flexibility index (Phi) is 7.07. The first-order valence-electron chi connectivity index (χ1n) is 10.1. The van der Waals surface area contributed by atoms with Crippen LogP contribution in [0.4, 0.5) is 10.1 Å². The normalized spacial score (nSPS) is 10.5. The van der Waals surface area contributed by atoms with Crippen LogP contribution in [0.1, 0.15) is 6.42 Å². The number of nitriles is 1. The summed E-state index contributed by atoms with van der Waals surface area (Å²) in [5.74, 6) is 0.109. The number of halogens is 1. The molecule has 0 atom stereocenters. The monoisotopic (exact) mass is 458 g/mol. The molecule has 0 bridgehead atoms. The second kappa shape index (κ2) is 10.5. The molecule has 2 aromatic heterocycles. The SMILES string of the molecule is N#CCCN(C(=O)CSc1nnc(-c2ccncc2)n1-c1ccccc1)c1ccc(F)cc1. The van der Waals surface area contributed by atoms with E-state index < -0.39 is 0 Å². The second-order valence-corrected chi connectivity index (χ2v) is 7.87. The number of hydrogen-bond donors (Lipinski definition) is 0. The molecule has 0 unspecified atom stereocenters. The molecule has 0 aliphatic carbocycles. The summed E-state index contributed by atoms with van der Waals surface area (Å²) >= 11 is 1.25. The molecule has 0 radical (unpaired) electrons. The Bertz CT molecular complexity index is 1260. The zero-order chi connectivity index (χ0) is 23.0. The first kappa shape index (κ1) is 22.2. The summed E-state index contributed by atoms with van der Waals surface area (Å²) in [6, 6.07) is 21.0. The molecule has 0 spiro atoms. The highest BCUT2D eigenvalue weighted by atomic mass is 32.2. The molecule has 33 heavy (non-hydrogen) atoms. The second-order valence-electron chi connectivity index (χ2n) is 6.93. The standard InChI is InChI=1S/C24H19FN6OS/c25-19-7-9-20(10-8-19)30(16-4-13-26)22(32)17-33-24-29-28-23(18-11-14-27-15-12-18)31(24)21-5-2-1-3-6-21/h1-3,5-12,14-15H,4,16-17H2. The van der Waals surface area contributed by atoms with Crippen molar-refractivity contribution in [2.75, 3.05) is 17.2 Å². The highest BCUT2D eigenvalue weighted by Crippen LogP contribution is 2.28. The van der Waals surface area contributed by atoms with Crippen LogP contribution in [-0.2, 0) is 4.79 Å². The largest absolute Gasteiger partial charge is 0.311 e. The number of anilines is 1. The smallest absolute Gasteiger partial charge is 0.237 e. The Morgan fingerprint density at radius 1 is 1.03 bits per heavy atom. The minimum Gasteiger partial charge on any atom is -0.311 e.